The second kappa shape index (κ2) is 6.20. The van der Waals surface area contributed by atoms with Crippen molar-refractivity contribution >= 4 is 10.0 Å². The van der Waals surface area contributed by atoms with Crippen molar-refractivity contribution in [1.82, 2.24) is 4.31 Å². The van der Waals surface area contributed by atoms with Gasteiger partial charge in [-0.1, -0.05) is 48.5 Å². The molecule has 1 saturated heterocycles. The SMILES string of the molecule is Cc1ccccc1S(=O)(=O)N1CC(OCc2ccccc2)C1. The van der Waals surface area contributed by atoms with E-state index in [1.54, 1.807) is 12.1 Å². The molecule has 116 valence electrons. The highest BCUT2D eigenvalue weighted by Gasteiger charge is 2.37. The zero-order chi connectivity index (χ0) is 15.6. The van der Waals surface area contributed by atoms with E-state index in [2.05, 4.69) is 0 Å². The van der Waals surface area contributed by atoms with E-state index in [4.69, 9.17) is 4.74 Å². The Balaban J connectivity index is 1.58. The molecule has 0 radical (unpaired) electrons. The van der Waals surface area contributed by atoms with Crippen molar-refractivity contribution in [2.75, 3.05) is 13.1 Å². The first kappa shape index (κ1) is 15.2. The van der Waals surface area contributed by atoms with Gasteiger partial charge in [0.1, 0.15) is 0 Å². The number of sulfonamides is 1. The molecule has 1 fully saturated rings. The van der Waals surface area contributed by atoms with E-state index in [0.29, 0.717) is 24.6 Å². The van der Waals surface area contributed by atoms with Crippen LogP contribution in [0.15, 0.2) is 59.5 Å². The summed E-state index contributed by atoms with van der Waals surface area (Å²) in [5.41, 5.74) is 1.87. The smallest absolute Gasteiger partial charge is 0.243 e. The molecule has 0 aromatic heterocycles. The Morgan fingerprint density at radius 3 is 2.36 bits per heavy atom. The van der Waals surface area contributed by atoms with Gasteiger partial charge < -0.3 is 4.74 Å². The topological polar surface area (TPSA) is 46.6 Å². The van der Waals surface area contributed by atoms with Crippen molar-refractivity contribution in [1.29, 1.82) is 0 Å². The molecule has 0 aliphatic carbocycles. The highest BCUT2D eigenvalue weighted by molar-refractivity contribution is 7.89. The molecule has 22 heavy (non-hydrogen) atoms. The minimum Gasteiger partial charge on any atom is -0.371 e. The first-order chi connectivity index (χ1) is 10.6. The zero-order valence-electron chi connectivity index (χ0n) is 12.5. The standard InChI is InChI=1S/C17H19NO3S/c1-14-7-5-6-10-17(14)22(19,20)18-11-16(12-18)21-13-15-8-3-2-4-9-15/h2-10,16H,11-13H2,1H3. The number of ether oxygens (including phenoxy) is 1. The van der Waals surface area contributed by atoms with Crippen molar-refractivity contribution in [3.63, 3.8) is 0 Å². The van der Waals surface area contributed by atoms with Crippen LogP contribution in [0, 0.1) is 6.92 Å². The van der Waals surface area contributed by atoms with Crippen LogP contribution in [0.3, 0.4) is 0 Å². The number of nitrogens with zero attached hydrogens (tertiary/aromatic N) is 1. The minimum atomic E-state index is -3.40. The molecule has 1 aliphatic heterocycles. The van der Waals surface area contributed by atoms with Crippen LogP contribution in [0.4, 0.5) is 0 Å². The monoisotopic (exact) mass is 317 g/mol. The summed E-state index contributed by atoms with van der Waals surface area (Å²) in [5.74, 6) is 0. The van der Waals surface area contributed by atoms with Gasteiger partial charge in [-0.25, -0.2) is 8.42 Å². The predicted octanol–water partition coefficient (Wildman–Crippen LogP) is 2.58. The van der Waals surface area contributed by atoms with Crippen LogP contribution in [-0.4, -0.2) is 31.9 Å². The maximum atomic E-state index is 12.5. The molecule has 2 aromatic rings. The normalized spacial score (nSPS) is 16.4. The maximum absolute atomic E-state index is 12.5. The number of hydrogen-bond acceptors (Lipinski definition) is 3. The van der Waals surface area contributed by atoms with Crippen LogP contribution in [0.2, 0.25) is 0 Å². The molecule has 1 aliphatic rings. The van der Waals surface area contributed by atoms with Gasteiger partial charge in [-0.05, 0) is 24.1 Å². The van der Waals surface area contributed by atoms with Crippen LogP contribution in [0.5, 0.6) is 0 Å². The zero-order valence-corrected chi connectivity index (χ0v) is 13.3. The average molecular weight is 317 g/mol. The largest absolute Gasteiger partial charge is 0.371 e. The van der Waals surface area contributed by atoms with Gasteiger partial charge in [-0.15, -0.1) is 0 Å². The summed E-state index contributed by atoms with van der Waals surface area (Å²) >= 11 is 0. The van der Waals surface area contributed by atoms with Gasteiger partial charge in [0.2, 0.25) is 10.0 Å². The third-order valence-corrected chi connectivity index (χ3v) is 5.85. The molecule has 0 bridgehead atoms. The first-order valence-electron chi connectivity index (χ1n) is 7.28. The summed E-state index contributed by atoms with van der Waals surface area (Å²) in [6.45, 7) is 3.17. The van der Waals surface area contributed by atoms with Gasteiger partial charge in [-0.2, -0.15) is 4.31 Å². The minimum absolute atomic E-state index is 0.0287. The molecule has 0 saturated carbocycles. The van der Waals surface area contributed by atoms with Gasteiger partial charge in [-0.3, -0.25) is 0 Å². The number of aryl methyl sites for hydroxylation is 1. The summed E-state index contributed by atoms with van der Waals surface area (Å²) in [6, 6.07) is 17.0. The maximum Gasteiger partial charge on any atom is 0.243 e. The molecule has 0 N–H and O–H groups in total. The Hall–Kier alpha value is -1.69. The summed E-state index contributed by atoms with van der Waals surface area (Å²) in [6.07, 6.45) is -0.0287. The summed E-state index contributed by atoms with van der Waals surface area (Å²) in [5, 5.41) is 0. The van der Waals surface area contributed by atoms with Crippen LogP contribution in [0.1, 0.15) is 11.1 Å². The molecule has 0 spiro atoms. The molecule has 5 heteroatoms. The lowest BCUT2D eigenvalue weighted by Crippen LogP contribution is -2.54. The van der Waals surface area contributed by atoms with Gasteiger partial charge in [0.25, 0.3) is 0 Å². The number of rotatable bonds is 5. The van der Waals surface area contributed by atoms with Crippen molar-refractivity contribution in [3.8, 4) is 0 Å². The van der Waals surface area contributed by atoms with Gasteiger partial charge in [0.05, 0.1) is 17.6 Å². The predicted molar refractivity (Wildman–Crippen MR) is 85.0 cm³/mol. The second-order valence-corrected chi connectivity index (χ2v) is 7.41. The van der Waals surface area contributed by atoms with Gasteiger partial charge in [0, 0.05) is 13.1 Å². The third kappa shape index (κ3) is 3.06. The first-order valence-corrected chi connectivity index (χ1v) is 8.73. The van der Waals surface area contributed by atoms with E-state index >= 15 is 0 Å². The van der Waals surface area contributed by atoms with Crippen molar-refractivity contribution in [2.24, 2.45) is 0 Å². The molecule has 3 rings (SSSR count). The lowest BCUT2D eigenvalue weighted by Gasteiger charge is -2.38. The van der Waals surface area contributed by atoms with E-state index in [9.17, 15) is 8.42 Å². The van der Waals surface area contributed by atoms with Crippen LogP contribution < -0.4 is 0 Å². The van der Waals surface area contributed by atoms with Gasteiger partial charge in [0.15, 0.2) is 0 Å². The second-order valence-electron chi connectivity index (χ2n) is 5.51. The summed E-state index contributed by atoms with van der Waals surface area (Å²) < 4.78 is 32.3. The molecule has 0 atom stereocenters. The van der Waals surface area contributed by atoms with Crippen LogP contribution in [0.25, 0.3) is 0 Å². The van der Waals surface area contributed by atoms with Gasteiger partial charge >= 0.3 is 0 Å². The summed E-state index contributed by atoms with van der Waals surface area (Å²) in [7, 11) is -3.40. The molecule has 0 amide bonds. The van der Waals surface area contributed by atoms with E-state index in [1.165, 1.54) is 4.31 Å². The lowest BCUT2D eigenvalue weighted by molar-refractivity contribution is -0.0295. The van der Waals surface area contributed by atoms with Crippen LogP contribution >= 0.6 is 0 Å². The molecule has 2 aromatic carbocycles. The average Bonchev–Trinajstić information content (AvgIpc) is 2.46. The molecule has 4 nitrogen and oxygen atoms in total. The van der Waals surface area contributed by atoms with E-state index in [1.807, 2.05) is 49.4 Å². The Labute approximate surface area is 131 Å². The van der Waals surface area contributed by atoms with E-state index in [-0.39, 0.29) is 6.10 Å². The molecular formula is C17H19NO3S. The Bertz CT molecular complexity index is 738. The fourth-order valence-electron chi connectivity index (χ4n) is 2.48. The Kier molecular flexibility index (Phi) is 4.29. The highest BCUT2D eigenvalue weighted by Crippen LogP contribution is 2.25. The molecule has 1 heterocycles. The highest BCUT2D eigenvalue weighted by atomic mass is 32.2. The molecular weight excluding hydrogens is 298 g/mol. The number of hydrogen-bond donors (Lipinski definition) is 0. The number of benzene rings is 2. The third-order valence-electron chi connectivity index (χ3n) is 3.85. The summed E-state index contributed by atoms with van der Waals surface area (Å²) in [4.78, 5) is 0.386. The van der Waals surface area contributed by atoms with Crippen molar-refractivity contribution < 1.29 is 13.2 Å². The Morgan fingerprint density at radius 1 is 1.05 bits per heavy atom. The van der Waals surface area contributed by atoms with Crippen LogP contribution in [-0.2, 0) is 21.4 Å². The quantitative estimate of drug-likeness (QED) is 0.851. The van der Waals surface area contributed by atoms with E-state index in [0.717, 1.165) is 11.1 Å². The fraction of sp³-hybridized carbons (Fsp3) is 0.294. The Morgan fingerprint density at radius 2 is 1.68 bits per heavy atom. The van der Waals surface area contributed by atoms with Crippen molar-refractivity contribution in [3.05, 3.63) is 65.7 Å². The fourth-order valence-corrected chi connectivity index (χ4v) is 4.20. The lowest BCUT2D eigenvalue weighted by atomic mass is 10.2. The molecule has 0 unspecified atom stereocenters. The van der Waals surface area contributed by atoms with E-state index < -0.39 is 10.0 Å². The van der Waals surface area contributed by atoms with Crippen molar-refractivity contribution in [2.45, 2.75) is 24.5 Å².